The van der Waals surface area contributed by atoms with Crippen molar-refractivity contribution in [3.8, 4) is 56.8 Å². The summed E-state index contributed by atoms with van der Waals surface area (Å²) in [6.45, 7) is 2.31. The van der Waals surface area contributed by atoms with Crippen LogP contribution in [0.3, 0.4) is 0 Å². The molecule has 55 heavy (non-hydrogen) atoms. The fraction of sp³-hybridized carbons (Fsp3) is 0.231. The molecule has 0 spiro atoms. The van der Waals surface area contributed by atoms with E-state index in [0.29, 0.717) is 37.7 Å². The quantitative estimate of drug-likeness (QED) is 0.172. The zero-order valence-corrected chi connectivity index (χ0v) is 32.2. The Morgan fingerprint density at radius 3 is 1.40 bits per heavy atom. The second-order valence-corrected chi connectivity index (χ2v) is 14.2. The minimum absolute atomic E-state index is 0.00854. The number of hydrogen-bond acceptors (Lipinski definition) is 6. The van der Waals surface area contributed by atoms with Gasteiger partial charge in [0.2, 0.25) is 0 Å². The number of aromatic hydroxyl groups is 1. The number of nitrogens with zero attached hydrogens (tertiary/aromatic N) is 4. The van der Waals surface area contributed by atoms with Gasteiger partial charge in [-0.3, -0.25) is 19.0 Å². The molecular formula is C39H32Cl4F2N4O6. The summed E-state index contributed by atoms with van der Waals surface area (Å²) in [6, 6.07) is 18.3. The van der Waals surface area contributed by atoms with Crippen LogP contribution in [-0.4, -0.2) is 30.9 Å². The Kier molecular flexibility index (Phi) is 11.2. The van der Waals surface area contributed by atoms with E-state index < -0.39 is 11.6 Å². The third-order valence-corrected chi connectivity index (χ3v) is 10.6. The smallest absolute Gasteiger partial charge is 0.276 e. The Hall–Kier alpha value is -4.88. The largest absolute Gasteiger partial charge is 0.504 e. The van der Waals surface area contributed by atoms with E-state index in [1.54, 1.807) is 56.5 Å². The van der Waals surface area contributed by atoms with Crippen molar-refractivity contribution in [3.63, 3.8) is 0 Å². The number of phenols is 1. The van der Waals surface area contributed by atoms with Crippen molar-refractivity contribution >= 4 is 46.4 Å². The first-order valence-electron chi connectivity index (χ1n) is 17.2. The van der Waals surface area contributed by atoms with E-state index in [0.717, 1.165) is 37.8 Å². The zero-order valence-electron chi connectivity index (χ0n) is 29.1. The number of hydrogen-bond donors (Lipinski definition) is 1. The van der Waals surface area contributed by atoms with Crippen LogP contribution in [-0.2, 0) is 26.2 Å². The molecule has 0 fully saturated rings. The highest BCUT2D eigenvalue weighted by Crippen LogP contribution is 2.41. The maximum atomic E-state index is 14.7. The van der Waals surface area contributed by atoms with Crippen molar-refractivity contribution in [3.05, 3.63) is 125 Å². The van der Waals surface area contributed by atoms with Gasteiger partial charge in [-0.15, -0.1) is 0 Å². The predicted molar refractivity (Wildman–Crippen MR) is 208 cm³/mol. The lowest BCUT2D eigenvalue weighted by Crippen LogP contribution is -2.27. The molecule has 2 aliphatic heterocycles. The topological polar surface area (TPSA) is 102 Å². The summed E-state index contributed by atoms with van der Waals surface area (Å²) in [5.41, 5.74) is -0.422. The van der Waals surface area contributed by atoms with Crippen LogP contribution in [0.4, 0.5) is 8.78 Å². The van der Waals surface area contributed by atoms with Gasteiger partial charge in [0, 0.05) is 37.3 Å². The molecule has 286 valence electrons. The fourth-order valence-corrected chi connectivity index (χ4v) is 7.68. The van der Waals surface area contributed by atoms with Crippen LogP contribution in [0.15, 0.2) is 82.4 Å². The van der Waals surface area contributed by atoms with Gasteiger partial charge in [-0.2, -0.15) is 0 Å². The first kappa shape index (κ1) is 38.4. The van der Waals surface area contributed by atoms with Crippen molar-refractivity contribution in [2.75, 3.05) is 7.11 Å². The van der Waals surface area contributed by atoms with E-state index in [9.17, 15) is 23.5 Å². The maximum absolute atomic E-state index is 14.7. The van der Waals surface area contributed by atoms with E-state index in [-0.39, 0.29) is 76.7 Å². The first-order chi connectivity index (χ1) is 26.5. The number of halogens is 6. The Bertz CT molecular complexity index is 2550. The molecule has 1 N–H and O–H groups in total. The van der Waals surface area contributed by atoms with Gasteiger partial charge < -0.3 is 19.3 Å². The Morgan fingerprint density at radius 2 is 0.964 bits per heavy atom. The van der Waals surface area contributed by atoms with Gasteiger partial charge >= 0.3 is 0 Å². The normalized spacial score (nSPS) is 13.4. The molecule has 2 aliphatic rings. The van der Waals surface area contributed by atoms with E-state index in [1.807, 2.05) is 0 Å². The summed E-state index contributed by atoms with van der Waals surface area (Å²) in [5.74, 6) is -0.00308. The molecule has 10 nitrogen and oxygen atoms in total. The molecule has 4 heterocycles. The van der Waals surface area contributed by atoms with Gasteiger partial charge in [0.25, 0.3) is 11.1 Å². The number of fused-ring (bicyclic) bond motifs is 2. The molecule has 0 bridgehead atoms. The van der Waals surface area contributed by atoms with Gasteiger partial charge in [-0.25, -0.2) is 18.1 Å². The van der Waals surface area contributed by atoms with E-state index in [1.165, 1.54) is 30.0 Å². The number of para-hydroxylation sites is 4. The number of methoxy groups -OCH3 is 1. The summed E-state index contributed by atoms with van der Waals surface area (Å²) < 4.78 is 52.6. The summed E-state index contributed by atoms with van der Waals surface area (Å²) in [4.78, 5) is 25.6. The average Bonchev–Trinajstić information content (AvgIpc) is 3.59. The molecule has 0 radical (unpaired) electrons. The zero-order chi connectivity index (χ0) is 39.0. The number of rotatable bonds is 7. The summed E-state index contributed by atoms with van der Waals surface area (Å²) in [7, 11) is 1.52. The lowest BCUT2D eigenvalue weighted by molar-refractivity contribution is 0.356. The monoisotopic (exact) mass is 830 g/mol. The lowest BCUT2D eigenvalue weighted by Gasteiger charge is -2.17. The molecule has 0 aliphatic carbocycles. The third-order valence-electron chi connectivity index (χ3n) is 9.28. The van der Waals surface area contributed by atoms with Crippen LogP contribution in [0.2, 0.25) is 20.4 Å². The van der Waals surface area contributed by atoms with Gasteiger partial charge in [-0.05, 0) is 74.2 Å². The molecule has 16 heteroatoms. The van der Waals surface area contributed by atoms with Gasteiger partial charge in [-0.1, -0.05) is 70.7 Å². The molecule has 0 amide bonds. The second kappa shape index (κ2) is 16.1. The highest BCUT2D eigenvalue weighted by atomic mass is 35.5. The van der Waals surface area contributed by atoms with Gasteiger partial charge in [0.05, 0.1) is 28.3 Å². The van der Waals surface area contributed by atoms with Crippen molar-refractivity contribution < 1.29 is 28.1 Å². The first-order valence-corrected chi connectivity index (χ1v) is 18.7. The average molecular weight is 833 g/mol. The number of aromatic nitrogens is 4. The Morgan fingerprint density at radius 1 is 0.564 bits per heavy atom. The number of ether oxygens (including phenoxy) is 3. The SMILES string of the molecule is COc1ccccc1Oc1cc(-c2c(Cl)n3n(c2=O)CCCC3)c(F)cc1Cl.O=c1c(-c2cc(Oc3ccccc3O)c(Cl)cc2F)c(Cl)n2n1CCCC2. The van der Waals surface area contributed by atoms with Crippen LogP contribution in [0.1, 0.15) is 25.7 Å². The van der Waals surface area contributed by atoms with Crippen molar-refractivity contribution in [1.29, 1.82) is 0 Å². The van der Waals surface area contributed by atoms with E-state index >= 15 is 0 Å². The standard InChI is InChI=1S/C20H17Cl2FN2O3.C19H15Cl2FN2O3/c1-27-15-6-2-3-7-16(15)28-17-10-12(14(23)11-13(17)21)18-19(22)24-8-4-5-9-25(24)20(18)26;20-12-10-13(22)11(9-16(12)27-15-6-2-1-5-14(15)25)17-18(21)23-7-3-4-8-24(23)19(17)26/h2-3,6-7,10-11H,4-5,8-9H2,1H3;1-2,5-6,9-10,25H,3-4,7-8H2. The molecule has 6 aromatic rings. The molecule has 8 rings (SSSR count). The van der Waals surface area contributed by atoms with Crippen LogP contribution in [0.5, 0.6) is 34.5 Å². The predicted octanol–water partition coefficient (Wildman–Crippen LogP) is 10.4. The highest BCUT2D eigenvalue weighted by molar-refractivity contribution is 6.34. The van der Waals surface area contributed by atoms with Crippen LogP contribution in [0.25, 0.3) is 22.3 Å². The van der Waals surface area contributed by atoms with Gasteiger partial charge in [0.1, 0.15) is 33.4 Å². The Balaban J connectivity index is 0.000000169. The van der Waals surface area contributed by atoms with Crippen LogP contribution >= 0.6 is 46.4 Å². The summed E-state index contributed by atoms with van der Waals surface area (Å²) in [5, 5.41) is 10.4. The summed E-state index contributed by atoms with van der Waals surface area (Å²) in [6.07, 6.45) is 3.56. The van der Waals surface area contributed by atoms with E-state index in [4.69, 9.17) is 60.6 Å². The second-order valence-electron chi connectivity index (χ2n) is 12.7. The summed E-state index contributed by atoms with van der Waals surface area (Å²) >= 11 is 25.1. The minimum atomic E-state index is -0.674. The molecule has 0 unspecified atom stereocenters. The number of benzene rings is 4. The lowest BCUT2D eigenvalue weighted by atomic mass is 10.1. The molecule has 2 aromatic heterocycles. The fourth-order valence-electron chi connectivity index (χ4n) is 6.59. The van der Waals surface area contributed by atoms with Crippen molar-refractivity contribution in [1.82, 2.24) is 18.7 Å². The molecule has 0 saturated heterocycles. The molecule has 4 aromatic carbocycles. The van der Waals surface area contributed by atoms with Crippen LogP contribution < -0.4 is 25.3 Å². The Labute approximate surface area is 333 Å². The van der Waals surface area contributed by atoms with Crippen molar-refractivity contribution in [2.45, 2.75) is 51.9 Å². The van der Waals surface area contributed by atoms with Crippen LogP contribution in [0, 0.1) is 11.6 Å². The molecule has 0 atom stereocenters. The highest BCUT2D eigenvalue weighted by Gasteiger charge is 2.27. The number of phenolic OH excluding ortho intramolecular Hbond substituents is 1. The third kappa shape index (κ3) is 7.43. The van der Waals surface area contributed by atoms with E-state index in [2.05, 4.69) is 0 Å². The molecular weight excluding hydrogens is 800 g/mol. The van der Waals surface area contributed by atoms with Gasteiger partial charge in [0.15, 0.2) is 23.0 Å². The minimum Gasteiger partial charge on any atom is -0.504 e. The molecule has 0 saturated carbocycles. The van der Waals surface area contributed by atoms with Crippen molar-refractivity contribution in [2.24, 2.45) is 0 Å². The maximum Gasteiger partial charge on any atom is 0.276 e.